The third-order valence-electron chi connectivity index (χ3n) is 4.41. The van der Waals surface area contributed by atoms with Crippen LogP contribution in [0.5, 0.6) is 0 Å². The van der Waals surface area contributed by atoms with Gasteiger partial charge in [0.2, 0.25) is 5.91 Å². The molecule has 5 nitrogen and oxygen atoms in total. The second kappa shape index (κ2) is 6.35. The normalized spacial score (nSPS) is 22.8. The highest BCUT2D eigenvalue weighted by molar-refractivity contribution is 5.88. The van der Waals surface area contributed by atoms with Gasteiger partial charge in [-0.2, -0.15) is 0 Å². The molecule has 2 unspecified atom stereocenters. The van der Waals surface area contributed by atoms with Crippen molar-refractivity contribution in [1.29, 1.82) is 0 Å². The van der Waals surface area contributed by atoms with Gasteiger partial charge in [-0.3, -0.25) is 9.69 Å². The first-order valence-corrected chi connectivity index (χ1v) is 7.85. The van der Waals surface area contributed by atoms with Crippen molar-refractivity contribution in [3.05, 3.63) is 24.3 Å². The van der Waals surface area contributed by atoms with Crippen LogP contribution in [0.25, 0.3) is 0 Å². The number of carbonyl (C=O) groups excluding carboxylic acids is 1. The van der Waals surface area contributed by atoms with Gasteiger partial charge in [-0.15, -0.1) is 0 Å². The van der Waals surface area contributed by atoms with Crippen molar-refractivity contribution < 1.29 is 4.79 Å². The molecule has 2 aliphatic heterocycles. The molecule has 21 heavy (non-hydrogen) atoms. The number of nitrogens with one attached hydrogen (secondary N) is 3. The summed E-state index contributed by atoms with van der Waals surface area (Å²) in [4.78, 5) is 14.7. The summed E-state index contributed by atoms with van der Waals surface area (Å²) in [7, 11) is 0. The Balaban J connectivity index is 1.50. The molecule has 1 fully saturated rings. The summed E-state index contributed by atoms with van der Waals surface area (Å²) in [6.07, 6.45) is 2.56. The predicted molar refractivity (Wildman–Crippen MR) is 85.6 cm³/mol. The number of para-hydroxylation sites is 2. The van der Waals surface area contributed by atoms with Gasteiger partial charge in [-0.25, -0.2) is 0 Å². The van der Waals surface area contributed by atoms with Gasteiger partial charge >= 0.3 is 0 Å². The molecule has 1 amide bonds. The van der Waals surface area contributed by atoms with Crippen LogP contribution in [0, 0.1) is 0 Å². The lowest BCUT2D eigenvalue weighted by atomic mass is 10.1. The number of amides is 1. The molecule has 1 saturated heterocycles. The molecule has 0 saturated carbocycles. The van der Waals surface area contributed by atoms with Crippen molar-refractivity contribution in [2.75, 3.05) is 36.8 Å². The molecular weight excluding hydrogens is 264 g/mol. The minimum Gasteiger partial charge on any atom is -0.381 e. The number of benzene rings is 1. The van der Waals surface area contributed by atoms with Crippen molar-refractivity contribution in [2.24, 2.45) is 0 Å². The van der Waals surface area contributed by atoms with E-state index >= 15 is 0 Å². The van der Waals surface area contributed by atoms with Gasteiger partial charge < -0.3 is 16.0 Å². The van der Waals surface area contributed by atoms with Crippen molar-refractivity contribution >= 4 is 17.3 Å². The molecule has 0 bridgehead atoms. The van der Waals surface area contributed by atoms with Crippen molar-refractivity contribution in [1.82, 2.24) is 10.2 Å². The Labute approximate surface area is 126 Å². The van der Waals surface area contributed by atoms with Gasteiger partial charge in [0.15, 0.2) is 0 Å². The molecule has 2 aliphatic rings. The number of likely N-dealkylation sites (tertiary alicyclic amines) is 1. The highest BCUT2D eigenvalue weighted by atomic mass is 16.2. The molecule has 0 aromatic heterocycles. The van der Waals surface area contributed by atoms with Gasteiger partial charge in [0.25, 0.3) is 0 Å². The standard InChI is InChI=1S/C16H24N4O/c1-12(20-8-4-5-9-20)10-18-16(21)15-11-17-13-6-2-3-7-14(13)19-15/h2-3,6-7,12,15,17,19H,4-5,8-11H2,1H3,(H,18,21). The zero-order valence-corrected chi connectivity index (χ0v) is 12.6. The van der Waals surface area contributed by atoms with E-state index < -0.39 is 0 Å². The number of anilines is 2. The first-order chi connectivity index (χ1) is 10.2. The molecule has 3 rings (SSSR count). The minimum atomic E-state index is -0.203. The topological polar surface area (TPSA) is 56.4 Å². The summed E-state index contributed by atoms with van der Waals surface area (Å²) in [5.41, 5.74) is 2.06. The van der Waals surface area contributed by atoms with E-state index in [2.05, 4.69) is 27.8 Å². The SMILES string of the molecule is CC(CNC(=O)C1CNc2ccccc2N1)N1CCCC1. The maximum atomic E-state index is 12.3. The van der Waals surface area contributed by atoms with E-state index in [1.54, 1.807) is 0 Å². The summed E-state index contributed by atoms with van der Waals surface area (Å²) < 4.78 is 0. The number of nitrogens with zero attached hydrogens (tertiary/aromatic N) is 1. The number of hydrogen-bond donors (Lipinski definition) is 3. The minimum absolute atomic E-state index is 0.0723. The summed E-state index contributed by atoms with van der Waals surface area (Å²) in [5, 5.41) is 9.68. The largest absolute Gasteiger partial charge is 0.381 e. The number of hydrogen-bond acceptors (Lipinski definition) is 4. The van der Waals surface area contributed by atoms with Crippen LogP contribution >= 0.6 is 0 Å². The Morgan fingerprint density at radius 2 is 2.05 bits per heavy atom. The second-order valence-corrected chi connectivity index (χ2v) is 5.96. The van der Waals surface area contributed by atoms with Gasteiger partial charge in [0.05, 0.1) is 11.4 Å². The van der Waals surface area contributed by atoms with Crippen molar-refractivity contribution in [3.63, 3.8) is 0 Å². The van der Waals surface area contributed by atoms with Gasteiger partial charge in [0.1, 0.15) is 6.04 Å². The average Bonchev–Trinajstić information content (AvgIpc) is 3.06. The quantitative estimate of drug-likeness (QED) is 0.786. The van der Waals surface area contributed by atoms with E-state index in [1.807, 2.05) is 24.3 Å². The Kier molecular flexibility index (Phi) is 4.29. The molecule has 2 atom stereocenters. The molecule has 0 spiro atoms. The van der Waals surface area contributed by atoms with Crippen LogP contribution in [-0.2, 0) is 4.79 Å². The summed E-state index contributed by atoms with van der Waals surface area (Å²) in [6, 6.07) is 8.20. The van der Waals surface area contributed by atoms with Crippen LogP contribution < -0.4 is 16.0 Å². The van der Waals surface area contributed by atoms with E-state index in [9.17, 15) is 4.79 Å². The molecule has 1 aromatic rings. The third-order valence-corrected chi connectivity index (χ3v) is 4.41. The number of carbonyl (C=O) groups is 1. The van der Waals surface area contributed by atoms with E-state index in [0.717, 1.165) is 31.0 Å². The van der Waals surface area contributed by atoms with E-state index in [1.165, 1.54) is 12.8 Å². The summed E-state index contributed by atoms with van der Waals surface area (Å²) in [6.45, 7) is 5.86. The highest BCUT2D eigenvalue weighted by Gasteiger charge is 2.24. The lowest BCUT2D eigenvalue weighted by molar-refractivity contribution is -0.121. The molecule has 1 aromatic carbocycles. The monoisotopic (exact) mass is 288 g/mol. The van der Waals surface area contributed by atoms with Crippen LogP contribution in [0.4, 0.5) is 11.4 Å². The van der Waals surface area contributed by atoms with Crippen molar-refractivity contribution in [3.8, 4) is 0 Å². The fraction of sp³-hybridized carbons (Fsp3) is 0.562. The number of rotatable bonds is 4. The first-order valence-electron chi connectivity index (χ1n) is 7.85. The molecular formula is C16H24N4O. The van der Waals surface area contributed by atoms with E-state index in [0.29, 0.717) is 12.6 Å². The lowest BCUT2D eigenvalue weighted by Gasteiger charge is -2.29. The maximum Gasteiger partial charge on any atom is 0.244 e. The van der Waals surface area contributed by atoms with Crippen LogP contribution in [0.3, 0.4) is 0 Å². The molecule has 2 heterocycles. The van der Waals surface area contributed by atoms with Crippen molar-refractivity contribution in [2.45, 2.75) is 31.8 Å². The molecule has 5 heteroatoms. The summed E-state index contributed by atoms with van der Waals surface area (Å²) in [5.74, 6) is 0.0723. The Bertz CT molecular complexity index is 499. The Morgan fingerprint density at radius 1 is 1.33 bits per heavy atom. The predicted octanol–water partition coefficient (Wildman–Crippen LogP) is 1.49. The Hall–Kier alpha value is -1.75. The number of fused-ring (bicyclic) bond motifs is 1. The Morgan fingerprint density at radius 3 is 2.81 bits per heavy atom. The average molecular weight is 288 g/mol. The molecule has 0 aliphatic carbocycles. The fourth-order valence-corrected chi connectivity index (χ4v) is 3.06. The smallest absolute Gasteiger partial charge is 0.244 e. The van der Waals surface area contributed by atoms with E-state index in [-0.39, 0.29) is 11.9 Å². The van der Waals surface area contributed by atoms with E-state index in [4.69, 9.17) is 0 Å². The first kappa shape index (κ1) is 14.2. The highest BCUT2D eigenvalue weighted by Crippen LogP contribution is 2.25. The van der Waals surface area contributed by atoms with Crippen LogP contribution in [-0.4, -0.2) is 49.1 Å². The second-order valence-electron chi connectivity index (χ2n) is 5.96. The lowest BCUT2D eigenvalue weighted by Crippen LogP contribution is -2.49. The zero-order valence-electron chi connectivity index (χ0n) is 12.6. The van der Waals surface area contributed by atoms with Gasteiger partial charge in [0, 0.05) is 19.1 Å². The molecule has 0 radical (unpaired) electrons. The summed E-state index contributed by atoms with van der Waals surface area (Å²) >= 11 is 0. The zero-order chi connectivity index (χ0) is 14.7. The fourth-order valence-electron chi connectivity index (χ4n) is 3.06. The van der Waals surface area contributed by atoms with Gasteiger partial charge in [-0.05, 0) is 45.0 Å². The molecule has 114 valence electrons. The third kappa shape index (κ3) is 3.29. The van der Waals surface area contributed by atoms with Gasteiger partial charge in [-0.1, -0.05) is 12.1 Å². The van der Waals surface area contributed by atoms with Crippen LogP contribution in [0.1, 0.15) is 19.8 Å². The molecule has 3 N–H and O–H groups in total. The van der Waals surface area contributed by atoms with Crippen LogP contribution in [0.2, 0.25) is 0 Å². The maximum absolute atomic E-state index is 12.3. The van der Waals surface area contributed by atoms with Crippen LogP contribution in [0.15, 0.2) is 24.3 Å².